The molecule has 0 aliphatic heterocycles. The monoisotopic (exact) mass is 215 g/mol. The summed E-state index contributed by atoms with van der Waals surface area (Å²) in [5.41, 5.74) is 10.3. The number of carbonyl (C=O) groups is 1. The Morgan fingerprint density at radius 3 is 2.47 bits per heavy atom. The fraction of sp³-hybridized carbons (Fsp3) is 0.800. The highest BCUT2D eigenvalue weighted by Crippen LogP contribution is 2.04. The maximum atomic E-state index is 10.9. The number of esters is 1. The zero-order valence-electron chi connectivity index (χ0n) is 9.37. The second-order valence-electron chi connectivity index (χ2n) is 3.28. The number of hydrogen-bond acceptors (Lipinski definition) is 3. The topological polar surface area (TPSA) is 90.7 Å². The van der Waals surface area contributed by atoms with Gasteiger partial charge in [-0.3, -0.25) is 9.79 Å². The quantitative estimate of drug-likeness (QED) is 0.271. The predicted molar refractivity (Wildman–Crippen MR) is 60.4 cm³/mol. The van der Waals surface area contributed by atoms with E-state index in [0.29, 0.717) is 19.6 Å². The van der Waals surface area contributed by atoms with E-state index in [9.17, 15) is 4.79 Å². The number of unbranched alkanes of at least 4 members (excludes halogenated alkanes) is 3. The third-order valence-corrected chi connectivity index (χ3v) is 1.89. The molecule has 0 saturated carbocycles. The summed E-state index contributed by atoms with van der Waals surface area (Å²) in [6.45, 7) is 2.94. The van der Waals surface area contributed by atoms with Crippen LogP contribution in [0.15, 0.2) is 4.99 Å². The van der Waals surface area contributed by atoms with Gasteiger partial charge in [-0.25, -0.2) is 0 Å². The molecule has 15 heavy (non-hydrogen) atoms. The molecular weight excluding hydrogens is 194 g/mol. The molecule has 5 nitrogen and oxygen atoms in total. The molecule has 0 aromatic heterocycles. The van der Waals surface area contributed by atoms with Crippen LogP contribution in [0, 0.1) is 0 Å². The molecule has 0 spiro atoms. The molecule has 88 valence electrons. The van der Waals surface area contributed by atoms with Crippen LogP contribution in [0.25, 0.3) is 0 Å². The fourth-order valence-electron chi connectivity index (χ4n) is 1.18. The summed E-state index contributed by atoms with van der Waals surface area (Å²) in [4.78, 5) is 14.8. The van der Waals surface area contributed by atoms with E-state index >= 15 is 0 Å². The van der Waals surface area contributed by atoms with Gasteiger partial charge in [0.25, 0.3) is 0 Å². The molecule has 0 unspecified atom stereocenters. The van der Waals surface area contributed by atoms with E-state index in [2.05, 4.69) is 4.99 Å². The van der Waals surface area contributed by atoms with Crippen LogP contribution in [0.4, 0.5) is 0 Å². The van der Waals surface area contributed by atoms with Crippen molar-refractivity contribution in [3.8, 4) is 0 Å². The summed E-state index contributed by atoms with van der Waals surface area (Å²) in [7, 11) is 0. The summed E-state index contributed by atoms with van der Waals surface area (Å²) >= 11 is 0. The molecule has 0 fully saturated rings. The van der Waals surface area contributed by atoms with E-state index in [4.69, 9.17) is 16.2 Å². The van der Waals surface area contributed by atoms with E-state index in [0.717, 1.165) is 25.7 Å². The van der Waals surface area contributed by atoms with E-state index in [1.54, 1.807) is 0 Å². The lowest BCUT2D eigenvalue weighted by atomic mass is 10.1. The van der Waals surface area contributed by atoms with Crippen molar-refractivity contribution in [2.45, 2.75) is 39.0 Å². The van der Waals surface area contributed by atoms with Crippen LogP contribution >= 0.6 is 0 Å². The molecule has 0 atom stereocenters. The van der Waals surface area contributed by atoms with Gasteiger partial charge < -0.3 is 16.2 Å². The molecule has 0 saturated heterocycles. The van der Waals surface area contributed by atoms with Gasteiger partial charge in [0, 0.05) is 13.0 Å². The van der Waals surface area contributed by atoms with Crippen LogP contribution in [0.2, 0.25) is 0 Å². The molecule has 0 bridgehead atoms. The van der Waals surface area contributed by atoms with Crippen LogP contribution in [-0.4, -0.2) is 25.1 Å². The van der Waals surface area contributed by atoms with E-state index in [-0.39, 0.29) is 11.9 Å². The summed E-state index contributed by atoms with van der Waals surface area (Å²) in [5, 5.41) is 0. The third kappa shape index (κ3) is 10.7. The number of nitrogens with two attached hydrogens (primary N) is 2. The minimum absolute atomic E-state index is 0.110. The Hall–Kier alpha value is -1.26. The zero-order valence-corrected chi connectivity index (χ0v) is 9.37. The van der Waals surface area contributed by atoms with Crippen molar-refractivity contribution < 1.29 is 9.53 Å². The zero-order chi connectivity index (χ0) is 11.5. The Labute approximate surface area is 90.9 Å². The fourth-order valence-corrected chi connectivity index (χ4v) is 1.18. The predicted octanol–water partition coefficient (Wildman–Crippen LogP) is 0.773. The average Bonchev–Trinajstić information content (AvgIpc) is 2.16. The van der Waals surface area contributed by atoms with Crippen molar-refractivity contribution in [2.24, 2.45) is 16.5 Å². The second-order valence-corrected chi connectivity index (χ2v) is 3.28. The van der Waals surface area contributed by atoms with Crippen molar-refractivity contribution in [1.82, 2.24) is 0 Å². The van der Waals surface area contributed by atoms with Gasteiger partial charge in [0.1, 0.15) is 0 Å². The van der Waals surface area contributed by atoms with Crippen LogP contribution in [0.5, 0.6) is 0 Å². The first kappa shape index (κ1) is 13.7. The molecule has 0 aliphatic carbocycles. The van der Waals surface area contributed by atoms with Crippen LogP contribution < -0.4 is 11.5 Å². The van der Waals surface area contributed by atoms with Crippen molar-refractivity contribution in [3.05, 3.63) is 0 Å². The van der Waals surface area contributed by atoms with Crippen LogP contribution in [-0.2, 0) is 9.53 Å². The van der Waals surface area contributed by atoms with Crippen molar-refractivity contribution in [1.29, 1.82) is 0 Å². The number of nitrogens with zero attached hydrogens (tertiary/aromatic N) is 1. The first-order valence-corrected chi connectivity index (χ1v) is 5.37. The van der Waals surface area contributed by atoms with Gasteiger partial charge in [0.2, 0.25) is 0 Å². The minimum atomic E-state index is -0.110. The molecule has 0 amide bonds. The van der Waals surface area contributed by atoms with E-state index in [1.165, 1.54) is 0 Å². The maximum Gasteiger partial charge on any atom is 0.305 e. The number of aliphatic imine (C=N–C) groups is 1. The molecule has 0 heterocycles. The standard InChI is InChI=1S/C10H21N3O2/c1-2-15-9(14)7-5-3-4-6-8-13-10(11)12/h2-8H2,1H3,(H4,11,12,13). The first-order valence-electron chi connectivity index (χ1n) is 5.37. The number of ether oxygens (including phenoxy) is 1. The van der Waals surface area contributed by atoms with Gasteiger partial charge >= 0.3 is 5.97 Å². The Balaban J connectivity index is 3.18. The maximum absolute atomic E-state index is 10.9. The van der Waals surface area contributed by atoms with Gasteiger partial charge in [-0.05, 0) is 19.8 Å². The van der Waals surface area contributed by atoms with E-state index < -0.39 is 0 Å². The lowest BCUT2D eigenvalue weighted by molar-refractivity contribution is -0.143. The molecule has 5 heteroatoms. The van der Waals surface area contributed by atoms with Gasteiger partial charge in [-0.2, -0.15) is 0 Å². The molecule has 0 rings (SSSR count). The van der Waals surface area contributed by atoms with Crippen LogP contribution in [0.1, 0.15) is 39.0 Å². The Bertz CT molecular complexity index is 201. The summed E-state index contributed by atoms with van der Waals surface area (Å²) in [6, 6.07) is 0. The number of carbonyl (C=O) groups excluding carboxylic acids is 1. The highest BCUT2D eigenvalue weighted by Gasteiger charge is 2.00. The lowest BCUT2D eigenvalue weighted by Gasteiger charge is -2.01. The molecule has 0 aliphatic rings. The smallest absolute Gasteiger partial charge is 0.305 e. The largest absolute Gasteiger partial charge is 0.466 e. The van der Waals surface area contributed by atoms with Crippen LogP contribution in [0.3, 0.4) is 0 Å². The molecule has 4 N–H and O–H groups in total. The minimum Gasteiger partial charge on any atom is -0.466 e. The summed E-state index contributed by atoms with van der Waals surface area (Å²) in [6.07, 6.45) is 4.40. The van der Waals surface area contributed by atoms with Crippen molar-refractivity contribution in [3.63, 3.8) is 0 Å². The van der Waals surface area contributed by atoms with Crippen molar-refractivity contribution in [2.75, 3.05) is 13.2 Å². The normalized spacial score (nSPS) is 9.67. The average molecular weight is 215 g/mol. The summed E-state index contributed by atoms with van der Waals surface area (Å²) < 4.78 is 4.81. The highest BCUT2D eigenvalue weighted by atomic mass is 16.5. The number of rotatable bonds is 8. The summed E-state index contributed by atoms with van der Waals surface area (Å²) in [5.74, 6) is 0.0308. The molecular formula is C10H21N3O2. The Morgan fingerprint density at radius 2 is 1.87 bits per heavy atom. The van der Waals surface area contributed by atoms with Gasteiger partial charge in [0.15, 0.2) is 5.96 Å². The molecule has 0 radical (unpaired) electrons. The second kappa shape index (κ2) is 9.30. The van der Waals surface area contributed by atoms with Gasteiger partial charge in [-0.1, -0.05) is 12.8 Å². The number of guanidine groups is 1. The Kier molecular flexibility index (Phi) is 8.52. The van der Waals surface area contributed by atoms with E-state index in [1.807, 2.05) is 6.92 Å². The first-order chi connectivity index (χ1) is 7.16. The number of hydrogen-bond donors (Lipinski definition) is 2. The Morgan fingerprint density at radius 1 is 1.20 bits per heavy atom. The van der Waals surface area contributed by atoms with Crippen molar-refractivity contribution >= 4 is 11.9 Å². The lowest BCUT2D eigenvalue weighted by Crippen LogP contribution is -2.22. The SMILES string of the molecule is CCOC(=O)CCCCCCN=C(N)N. The van der Waals surface area contributed by atoms with Gasteiger partial charge in [0.05, 0.1) is 6.61 Å². The molecule has 0 aromatic carbocycles. The third-order valence-electron chi connectivity index (χ3n) is 1.89. The molecule has 0 aromatic rings. The van der Waals surface area contributed by atoms with Gasteiger partial charge in [-0.15, -0.1) is 0 Å². The highest BCUT2D eigenvalue weighted by molar-refractivity contribution is 5.75.